The van der Waals surface area contributed by atoms with Gasteiger partial charge in [0.2, 0.25) is 16.0 Å². The molecule has 42 heavy (non-hydrogen) atoms. The highest BCUT2D eigenvalue weighted by atomic mass is 32.2. The minimum atomic E-state index is -4.07. The Balaban J connectivity index is 1.45. The molecule has 0 radical (unpaired) electrons. The van der Waals surface area contributed by atoms with E-state index >= 15 is 0 Å². The monoisotopic (exact) mass is 596 g/mol. The van der Waals surface area contributed by atoms with E-state index in [1.165, 1.54) is 12.1 Å². The molecule has 0 bridgehead atoms. The first-order valence-electron chi connectivity index (χ1n) is 13.6. The average Bonchev–Trinajstić information content (AvgIpc) is 2.96. The predicted octanol–water partition coefficient (Wildman–Crippen LogP) is 1.95. The second kappa shape index (κ2) is 13.3. The van der Waals surface area contributed by atoms with Gasteiger partial charge < -0.3 is 25.4 Å². The molecule has 224 valence electrons. The number of piperidine rings is 1. The number of benzene rings is 2. The maximum atomic E-state index is 13.2. The Labute approximate surface area is 245 Å². The van der Waals surface area contributed by atoms with E-state index in [2.05, 4.69) is 25.3 Å². The molecule has 2 aromatic carbocycles. The van der Waals surface area contributed by atoms with Gasteiger partial charge in [-0.3, -0.25) is 9.59 Å². The zero-order chi connectivity index (χ0) is 30.3. The van der Waals surface area contributed by atoms with Crippen LogP contribution in [0.1, 0.15) is 37.6 Å². The fraction of sp³-hybridized carbons (Fsp3) is 0.379. The van der Waals surface area contributed by atoms with Crippen molar-refractivity contribution in [2.24, 2.45) is 0 Å². The van der Waals surface area contributed by atoms with Gasteiger partial charge in [-0.15, -0.1) is 0 Å². The smallest absolute Gasteiger partial charge is 0.326 e. The number of carbonyl (C=O) groups is 2. The molecule has 1 aliphatic rings. The predicted molar refractivity (Wildman–Crippen MR) is 157 cm³/mol. The molecular weight excluding hydrogens is 560 g/mol. The number of aliphatic hydroxyl groups excluding tert-OH is 1. The fourth-order valence-corrected chi connectivity index (χ4v) is 5.60. The number of nitrogens with zero attached hydrogens (tertiary/aromatic N) is 3. The molecule has 2 heterocycles. The van der Waals surface area contributed by atoms with Crippen LogP contribution in [-0.2, 0) is 19.6 Å². The molecule has 4 rings (SSSR count). The van der Waals surface area contributed by atoms with Crippen LogP contribution in [0.2, 0.25) is 0 Å². The number of rotatable bonds is 10. The third-order valence-electron chi connectivity index (χ3n) is 6.44. The van der Waals surface area contributed by atoms with Crippen LogP contribution in [0.5, 0.6) is 0 Å². The Morgan fingerprint density at radius 3 is 2.48 bits per heavy atom. The van der Waals surface area contributed by atoms with Gasteiger partial charge in [-0.1, -0.05) is 24.3 Å². The molecule has 12 nitrogen and oxygen atoms in total. The maximum absolute atomic E-state index is 13.2. The summed E-state index contributed by atoms with van der Waals surface area (Å²) in [7, 11) is -4.07. The Morgan fingerprint density at radius 1 is 1.07 bits per heavy atom. The quantitative estimate of drug-likeness (QED) is 0.255. The first kappa shape index (κ1) is 30.9. The van der Waals surface area contributed by atoms with Gasteiger partial charge in [-0.05, 0) is 63.6 Å². The highest BCUT2D eigenvalue weighted by Crippen LogP contribution is 2.23. The van der Waals surface area contributed by atoms with Gasteiger partial charge in [0.1, 0.15) is 11.6 Å². The van der Waals surface area contributed by atoms with Crippen LogP contribution in [0.25, 0.3) is 0 Å². The Hall–Kier alpha value is -4.07. The van der Waals surface area contributed by atoms with E-state index in [9.17, 15) is 23.1 Å². The van der Waals surface area contributed by atoms with Crippen LogP contribution in [0.3, 0.4) is 0 Å². The summed E-state index contributed by atoms with van der Waals surface area (Å²) < 4.78 is 33.7. The number of aliphatic hydroxyl groups is 1. The highest BCUT2D eigenvalue weighted by Gasteiger charge is 2.31. The maximum Gasteiger partial charge on any atom is 0.326 e. The summed E-state index contributed by atoms with van der Waals surface area (Å²) in [5.41, 5.74) is 0.222. The molecule has 3 aromatic rings. The fourth-order valence-electron chi connectivity index (χ4n) is 4.40. The lowest BCUT2D eigenvalue weighted by Crippen LogP contribution is -2.51. The summed E-state index contributed by atoms with van der Waals surface area (Å²) in [5.74, 6) is -0.892. The minimum Gasteiger partial charge on any atom is -0.459 e. The number of anilines is 2. The van der Waals surface area contributed by atoms with Gasteiger partial charge in [0.25, 0.3) is 5.91 Å². The van der Waals surface area contributed by atoms with Crippen molar-refractivity contribution in [3.63, 3.8) is 0 Å². The van der Waals surface area contributed by atoms with Crippen LogP contribution in [0.4, 0.5) is 11.6 Å². The van der Waals surface area contributed by atoms with Gasteiger partial charge >= 0.3 is 5.97 Å². The summed E-state index contributed by atoms with van der Waals surface area (Å²) in [6.07, 6.45) is 3.13. The second-order valence-corrected chi connectivity index (χ2v) is 12.6. The molecule has 0 spiro atoms. The lowest BCUT2D eigenvalue weighted by atomic mass is 10.0. The zero-order valence-corrected chi connectivity index (χ0v) is 24.5. The van der Waals surface area contributed by atoms with Crippen molar-refractivity contribution in [2.45, 2.75) is 55.9 Å². The van der Waals surface area contributed by atoms with Crippen LogP contribution in [0, 0.1) is 0 Å². The molecule has 1 saturated heterocycles. The largest absolute Gasteiger partial charge is 0.459 e. The van der Waals surface area contributed by atoms with Gasteiger partial charge in [-0.25, -0.2) is 18.4 Å². The molecule has 1 amide bonds. The molecule has 0 saturated carbocycles. The van der Waals surface area contributed by atoms with Crippen molar-refractivity contribution in [1.29, 1.82) is 0 Å². The first-order chi connectivity index (χ1) is 19.9. The first-order valence-corrected chi connectivity index (χ1v) is 15.0. The SMILES string of the molecule is CC(C)(C)OC(=O)[C@H](CNC(=O)c1cccc(N2CC[C@@H](O)[C@H](Nc3ncccn3)C2)c1)NS(=O)(=O)c1ccccc1. The summed E-state index contributed by atoms with van der Waals surface area (Å²) in [4.78, 5) is 36.4. The van der Waals surface area contributed by atoms with Crippen molar-refractivity contribution in [3.8, 4) is 0 Å². The summed E-state index contributed by atoms with van der Waals surface area (Å²) in [6, 6.07) is 14.6. The van der Waals surface area contributed by atoms with Gasteiger partial charge in [-0.2, -0.15) is 4.72 Å². The van der Waals surface area contributed by atoms with E-state index < -0.39 is 39.6 Å². The average molecular weight is 597 g/mol. The summed E-state index contributed by atoms with van der Waals surface area (Å²) in [6.45, 7) is 5.70. The molecule has 0 unspecified atom stereocenters. The van der Waals surface area contributed by atoms with E-state index in [4.69, 9.17) is 4.74 Å². The number of ether oxygens (including phenoxy) is 1. The molecule has 1 fully saturated rings. The van der Waals surface area contributed by atoms with Crippen molar-refractivity contribution >= 4 is 33.5 Å². The lowest BCUT2D eigenvalue weighted by Gasteiger charge is -2.38. The van der Waals surface area contributed by atoms with Crippen molar-refractivity contribution in [3.05, 3.63) is 78.6 Å². The molecule has 4 N–H and O–H groups in total. The van der Waals surface area contributed by atoms with E-state index in [0.29, 0.717) is 31.0 Å². The molecular formula is C29H36N6O6S. The van der Waals surface area contributed by atoms with Crippen LogP contribution in [0.15, 0.2) is 78.0 Å². The number of sulfonamides is 1. The standard InChI is InChI=1S/C29H36N6O6S/c1-29(2,3)41-27(38)23(34-42(39,40)22-11-5-4-6-12-22)18-32-26(37)20-9-7-10-21(17-20)35-16-13-25(36)24(19-35)33-28-30-14-8-15-31-28/h4-12,14-15,17,23-25,34,36H,13,16,18-19H2,1-3H3,(H,32,37)(H,30,31,33)/t23-,24+,25+/m0/s1. The van der Waals surface area contributed by atoms with E-state index in [-0.39, 0.29) is 17.5 Å². The highest BCUT2D eigenvalue weighted by molar-refractivity contribution is 7.89. The molecule has 13 heteroatoms. The van der Waals surface area contributed by atoms with Crippen molar-refractivity contribution in [1.82, 2.24) is 20.0 Å². The van der Waals surface area contributed by atoms with Crippen molar-refractivity contribution < 1.29 is 27.9 Å². The number of hydrogen-bond donors (Lipinski definition) is 4. The lowest BCUT2D eigenvalue weighted by molar-refractivity contribution is -0.156. The van der Waals surface area contributed by atoms with Gasteiger partial charge in [0, 0.05) is 43.3 Å². The number of aromatic nitrogens is 2. The molecule has 0 aliphatic carbocycles. The van der Waals surface area contributed by atoms with Crippen LogP contribution >= 0.6 is 0 Å². The third-order valence-corrected chi connectivity index (χ3v) is 7.93. The van der Waals surface area contributed by atoms with E-state index in [0.717, 1.165) is 5.69 Å². The third kappa shape index (κ3) is 8.47. The Kier molecular flexibility index (Phi) is 9.76. The number of amides is 1. The second-order valence-electron chi connectivity index (χ2n) is 10.9. The minimum absolute atomic E-state index is 0.0177. The topological polar surface area (TPSA) is 163 Å². The molecule has 3 atom stereocenters. The van der Waals surface area contributed by atoms with Crippen molar-refractivity contribution in [2.75, 3.05) is 29.9 Å². The zero-order valence-electron chi connectivity index (χ0n) is 23.7. The number of hydrogen-bond acceptors (Lipinski definition) is 10. The molecule has 1 aromatic heterocycles. The van der Waals surface area contributed by atoms with Crippen LogP contribution < -0.4 is 20.3 Å². The Morgan fingerprint density at radius 2 is 1.79 bits per heavy atom. The normalized spacial score (nSPS) is 18.1. The Bertz CT molecular complexity index is 1470. The van der Waals surface area contributed by atoms with E-state index in [1.54, 1.807) is 75.6 Å². The summed E-state index contributed by atoms with van der Waals surface area (Å²) >= 11 is 0. The summed E-state index contributed by atoms with van der Waals surface area (Å²) in [5, 5.41) is 16.4. The number of nitrogens with one attached hydrogen (secondary N) is 3. The van der Waals surface area contributed by atoms with E-state index in [1.807, 2.05) is 11.0 Å². The molecule has 1 aliphatic heterocycles. The van der Waals surface area contributed by atoms with Crippen LogP contribution in [-0.4, -0.2) is 78.8 Å². The number of carbonyl (C=O) groups excluding carboxylic acids is 2. The van der Waals surface area contributed by atoms with Gasteiger partial charge in [0.15, 0.2) is 0 Å². The van der Waals surface area contributed by atoms with Gasteiger partial charge in [0.05, 0.1) is 17.0 Å². The number of esters is 1.